The number of carbonyl (C=O) groups excluding carboxylic acids is 1. The predicted octanol–water partition coefficient (Wildman–Crippen LogP) is 5.42. The molecule has 118 valence electrons. The van der Waals surface area contributed by atoms with Crippen LogP contribution in [0.1, 0.15) is 21.5 Å². The van der Waals surface area contributed by atoms with Gasteiger partial charge in [0.15, 0.2) is 0 Å². The van der Waals surface area contributed by atoms with Crippen molar-refractivity contribution >= 4 is 27.9 Å². The number of benzene rings is 3. The van der Waals surface area contributed by atoms with E-state index in [1.165, 1.54) is 0 Å². The molecular formula is C21H16O3. The van der Waals surface area contributed by atoms with E-state index < -0.39 is 0 Å². The first-order valence-corrected chi connectivity index (χ1v) is 7.82. The van der Waals surface area contributed by atoms with Gasteiger partial charge in [0.05, 0.1) is 5.56 Å². The highest BCUT2D eigenvalue weighted by atomic mass is 16.5. The molecule has 4 rings (SSSR count). The molecule has 0 amide bonds. The molecule has 0 N–H and O–H groups in total. The molecule has 0 aliphatic heterocycles. The molecule has 0 atom stereocenters. The first-order chi connectivity index (χ1) is 11.6. The smallest absolute Gasteiger partial charge is 0.343 e. The van der Waals surface area contributed by atoms with Crippen molar-refractivity contribution in [1.29, 1.82) is 0 Å². The fourth-order valence-corrected chi connectivity index (χ4v) is 2.80. The van der Waals surface area contributed by atoms with Gasteiger partial charge in [-0.2, -0.15) is 0 Å². The molecule has 3 aromatic carbocycles. The van der Waals surface area contributed by atoms with Crippen LogP contribution in [0.15, 0.2) is 65.1 Å². The molecule has 0 spiro atoms. The van der Waals surface area contributed by atoms with Crippen molar-refractivity contribution in [3.63, 3.8) is 0 Å². The zero-order chi connectivity index (χ0) is 16.7. The molecular weight excluding hydrogens is 300 g/mol. The molecule has 3 nitrogen and oxygen atoms in total. The van der Waals surface area contributed by atoms with Crippen molar-refractivity contribution in [2.24, 2.45) is 0 Å². The third kappa shape index (κ3) is 2.44. The van der Waals surface area contributed by atoms with E-state index in [1.54, 1.807) is 12.1 Å². The largest absolute Gasteiger partial charge is 0.456 e. The fourth-order valence-electron chi connectivity index (χ4n) is 2.80. The summed E-state index contributed by atoms with van der Waals surface area (Å²) in [6.45, 7) is 4.00. The number of ether oxygens (including phenoxy) is 1. The average Bonchev–Trinajstić information content (AvgIpc) is 2.95. The summed E-state index contributed by atoms with van der Waals surface area (Å²) in [6, 6.07) is 18.8. The SMILES string of the molecule is Cc1ccc(C(=O)Oc2ccc3oc4ccccc4c3c2)cc1C. The molecule has 24 heavy (non-hydrogen) atoms. The van der Waals surface area contributed by atoms with Crippen LogP contribution in [0.4, 0.5) is 0 Å². The Balaban J connectivity index is 1.70. The number of furan rings is 1. The lowest BCUT2D eigenvalue weighted by molar-refractivity contribution is 0.0735. The molecule has 0 unspecified atom stereocenters. The van der Waals surface area contributed by atoms with Gasteiger partial charge in [-0.25, -0.2) is 4.79 Å². The second-order valence-corrected chi connectivity index (χ2v) is 5.94. The van der Waals surface area contributed by atoms with Gasteiger partial charge in [-0.3, -0.25) is 0 Å². The van der Waals surface area contributed by atoms with Crippen LogP contribution in [-0.4, -0.2) is 5.97 Å². The Hall–Kier alpha value is -3.07. The van der Waals surface area contributed by atoms with Crippen molar-refractivity contribution < 1.29 is 13.9 Å². The van der Waals surface area contributed by atoms with Crippen molar-refractivity contribution in [1.82, 2.24) is 0 Å². The molecule has 0 aliphatic carbocycles. The highest BCUT2D eigenvalue weighted by Gasteiger charge is 2.12. The van der Waals surface area contributed by atoms with E-state index in [0.717, 1.165) is 33.1 Å². The lowest BCUT2D eigenvalue weighted by atomic mass is 10.1. The van der Waals surface area contributed by atoms with Crippen molar-refractivity contribution in [2.45, 2.75) is 13.8 Å². The van der Waals surface area contributed by atoms with Gasteiger partial charge in [-0.15, -0.1) is 0 Å². The Kier molecular flexibility index (Phi) is 3.35. The number of hydrogen-bond acceptors (Lipinski definition) is 3. The van der Waals surface area contributed by atoms with Crippen LogP contribution in [0.2, 0.25) is 0 Å². The van der Waals surface area contributed by atoms with Gasteiger partial charge in [-0.05, 0) is 61.4 Å². The number of aryl methyl sites for hydroxylation is 2. The van der Waals surface area contributed by atoms with Crippen LogP contribution in [0.25, 0.3) is 21.9 Å². The topological polar surface area (TPSA) is 39.4 Å². The minimum absolute atomic E-state index is 0.356. The molecule has 0 bridgehead atoms. The van der Waals surface area contributed by atoms with E-state index >= 15 is 0 Å². The summed E-state index contributed by atoms with van der Waals surface area (Å²) >= 11 is 0. The second kappa shape index (κ2) is 5.53. The van der Waals surface area contributed by atoms with Gasteiger partial charge in [0.1, 0.15) is 16.9 Å². The normalized spacial score (nSPS) is 11.1. The highest BCUT2D eigenvalue weighted by molar-refractivity contribution is 6.05. The van der Waals surface area contributed by atoms with E-state index in [-0.39, 0.29) is 5.97 Å². The first-order valence-electron chi connectivity index (χ1n) is 7.82. The minimum atomic E-state index is -0.356. The van der Waals surface area contributed by atoms with Crippen molar-refractivity contribution in [3.8, 4) is 5.75 Å². The summed E-state index contributed by atoms with van der Waals surface area (Å²) in [4.78, 5) is 12.4. The van der Waals surface area contributed by atoms with Gasteiger partial charge < -0.3 is 9.15 Å². The molecule has 3 heteroatoms. The van der Waals surface area contributed by atoms with E-state index in [0.29, 0.717) is 11.3 Å². The van der Waals surface area contributed by atoms with Gasteiger partial charge >= 0.3 is 5.97 Å². The van der Waals surface area contributed by atoms with Crippen molar-refractivity contribution in [3.05, 3.63) is 77.4 Å². The van der Waals surface area contributed by atoms with E-state index in [9.17, 15) is 4.79 Å². The van der Waals surface area contributed by atoms with Gasteiger partial charge in [0, 0.05) is 10.8 Å². The summed E-state index contributed by atoms with van der Waals surface area (Å²) in [5.41, 5.74) is 4.38. The number of para-hydroxylation sites is 1. The summed E-state index contributed by atoms with van der Waals surface area (Å²) in [6.07, 6.45) is 0. The highest BCUT2D eigenvalue weighted by Crippen LogP contribution is 2.31. The maximum atomic E-state index is 12.4. The lowest BCUT2D eigenvalue weighted by Crippen LogP contribution is -2.08. The maximum Gasteiger partial charge on any atom is 0.343 e. The molecule has 1 heterocycles. The number of rotatable bonds is 2. The van der Waals surface area contributed by atoms with Crippen LogP contribution in [0.5, 0.6) is 5.75 Å². The van der Waals surface area contributed by atoms with Gasteiger partial charge in [0.2, 0.25) is 0 Å². The molecule has 0 aliphatic rings. The molecule has 1 aromatic heterocycles. The lowest BCUT2D eigenvalue weighted by Gasteiger charge is -2.06. The Labute approximate surface area is 139 Å². The van der Waals surface area contributed by atoms with Gasteiger partial charge in [0.25, 0.3) is 0 Å². The molecule has 0 saturated heterocycles. The zero-order valence-electron chi connectivity index (χ0n) is 13.5. The zero-order valence-corrected chi connectivity index (χ0v) is 13.5. The first kappa shape index (κ1) is 14.5. The van der Waals surface area contributed by atoms with E-state index in [4.69, 9.17) is 9.15 Å². The summed E-state index contributed by atoms with van der Waals surface area (Å²) in [7, 11) is 0. The van der Waals surface area contributed by atoms with Crippen LogP contribution < -0.4 is 4.74 Å². The van der Waals surface area contributed by atoms with E-state index in [1.807, 2.05) is 62.4 Å². The number of fused-ring (bicyclic) bond motifs is 3. The summed E-state index contributed by atoms with van der Waals surface area (Å²) in [5, 5.41) is 1.95. The molecule has 0 radical (unpaired) electrons. The summed E-state index contributed by atoms with van der Waals surface area (Å²) < 4.78 is 11.3. The maximum absolute atomic E-state index is 12.4. The van der Waals surface area contributed by atoms with E-state index in [2.05, 4.69) is 0 Å². The monoisotopic (exact) mass is 316 g/mol. The molecule has 4 aromatic rings. The summed E-state index contributed by atoms with van der Waals surface area (Å²) in [5.74, 6) is 0.155. The minimum Gasteiger partial charge on any atom is -0.456 e. The fraction of sp³-hybridized carbons (Fsp3) is 0.0952. The average molecular weight is 316 g/mol. The predicted molar refractivity (Wildman–Crippen MR) is 94.6 cm³/mol. The quantitative estimate of drug-likeness (QED) is 0.366. The number of carbonyl (C=O) groups is 1. The molecule has 0 fully saturated rings. The second-order valence-electron chi connectivity index (χ2n) is 5.94. The van der Waals surface area contributed by atoms with Crippen LogP contribution >= 0.6 is 0 Å². The Morgan fingerprint density at radius 2 is 1.62 bits per heavy atom. The number of hydrogen-bond donors (Lipinski definition) is 0. The number of esters is 1. The van der Waals surface area contributed by atoms with Crippen LogP contribution in [0.3, 0.4) is 0 Å². The standard InChI is InChI=1S/C21H16O3/c1-13-7-8-15(11-14(13)2)21(22)23-16-9-10-20-18(12-16)17-5-3-4-6-19(17)24-20/h3-12H,1-2H3. The van der Waals surface area contributed by atoms with Crippen molar-refractivity contribution in [2.75, 3.05) is 0 Å². The van der Waals surface area contributed by atoms with Gasteiger partial charge in [-0.1, -0.05) is 24.3 Å². The molecule has 0 saturated carbocycles. The third-order valence-corrected chi connectivity index (χ3v) is 4.30. The third-order valence-electron chi connectivity index (χ3n) is 4.30. The van der Waals surface area contributed by atoms with Crippen LogP contribution in [0, 0.1) is 13.8 Å². The van der Waals surface area contributed by atoms with Crippen LogP contribution in [-0.2, 0) is 0 Å². The Bertz CT molecular complexity index is 1070. The Morgan fingerprint density at radius 3 is 2.46 bits per heavy atom. The Morgan fingerprint density at radius 1 is 0.833 bits per heavy atom.